The summed E-state index contributed by atoms with van der Waals surface area (Å²) in [6, 6.07) is 19.2. The zero-order valence-electron chi connectivity index (χ0n) is 16.6. The van der Waals surface area contributed by atoms with Gasteiger partial charge in [-0.15, -0.1) is 0 Å². The Labute approximate surface area is 173 Å². The normalized spacial score (nSPS) is 11.5. The van der Waals surface area contributed by atoms with Crippen molar-refractivity contribution in [2.45, 2.75) is 6.92 Å². The average molecular weight is 401 g/mol. The first-order valence-corrected chi connectivity index (χ1v) is 9.45. The molecule has 4 rings (SSSR count). The molecule has 5 heteroatoms. The molecule has 0 aliphatic rings. The molecule has 1 amide bonds. The molecule has 1 aromatic heterocycles. The first kappa shape index (κ1) is 19.5. The number of allylic oxidation sites excluding steroid dienone is 1. The summed E-state index contributed by atoms with van der Waals surface area (Å²) in [6.45, 7) is 1.85. The minimum Gasteiger partial charge on any atom is -0.496 e. The van der Waals surface area contributed by atoms with Gasteiger partial charge in [-0.25, -0.2) is 4.39 Å². The first-order chi connectivity index (χ1) is 14.5. The molecule has 150 valence electrons. The topological polar surface area (TPSA) is 51.5 Å². The lowest BCUT2D eigenvalue weighted by Crippen LogP contribution is -2.08. The molecular formula is C25H20FNO3. The van der Waals surface area contributed by atoms with Crippen LogP contribution in [0.3, 0.4) is 0 Å². The highest BCUT2D eigenvalue weighted by Crippen LogP contribution is 2.37. The van der Waals surface area contributed by atoms with Gasteiger partial charge in [-0.05, 0) is 48.4 Å². The maximum Gasteiger partial charge on any atom is 0.248 e. The fourth-order valence-electron chi connectivity index (χ4n) is 3.36. The maximum absolute atomic E-state index is 13.3. The van der Waals surface area contributed by atoms with Crippen LogP contribution in [0.15, 0.2) is 83.5 Å². The fraction of sp³-hybridized carbons (Fsp3) is 0.0800. The van der Waals surface area contributed by atoms with Gasteiger partial charge in [0.25, 0.3) is 0 Å². The molecule has 0 fully saturated rings. The van der Waals surface area contributed by atoms with E-state index in [9.17, 15) is 9.18 Å². The van der Waals surface area contributed by atoms with Gasteiger partial charge in [0, 0.05) is 34.3 Å². The summed E-state index contributed by atoms with van der Waals surface area (Å²) in [7, 11) is 1.58. The summed E-state index contributed by atoms with van der Waals surface area (Å²) in [4.78, 5) is 12.4. The summed E-state index contributed by atoms with van der Waals surface area (Å²) in [6.07, 6.45) is 3.18. The zero-order chi connectivity index (χ0) is 21.1. The molecular weight excluding hydrogens is 381 g/mol. The van der Waals surface area contributed by atoms with Gasteiger partial charge in [-0.3, -0.25) is 4.79 Å². The first-order valence-electron chi connectivity index (χ1n) is 9.45. The van der Waals surface area contributed by atoms with Crippen LogP contribution < -0.4 is 10.1 Å². The molecule has 3 aromatic carbocycles. The molecule has 4 aromatic rings. The lowest BCUT2D eigenvalue weighted by Gasteiger charge is -2.10. The molecule has 30 heavy (non-hydrogen) atoms. The second-order valence-corrected chi connectivity index (χ2v) is 6.89. The Morgan fingerprint density at radius 1 is 1.07 bits per heavy atom. The van der Waals surface area contributed by atoms with E-state index in [4.69, 9.17) is 9.15 Å². The highest BCUT2D eigenvalue weighted by Gasteiger charge is 2.15. The number of halogens is 1. The third kappa shape index (κ3) is 3.96. The van der Waals surface area contributed by atoms with Gasteiger partial charge in [0.05, 0.1) is 13.4 Å². The van der Waals surface area contributed by atoms with Crippen LogP contribution in [0.4, 0.5) is 10.1 Å². The predicted octanol–water partition coefficient (Wildman–Crippen LogP) is 6.29. The van der Waals surface area contributed by atoms with Crippen LogP contribution in [0, 0.1) is 5.82 Å². The highest BCUT2D eigenvalue weighted by atomic mass is 19.1. The highest BCUT2D eigenvalue weighted by molar-refractivity contribution is 6.05. The molecule has 4 nitrogen and oxygen atoms in total. The summed E-state index contributed by atoms with van der Waals surface area (Å²) >= 11 is 0. The van der Waals surface area contributed by atoms with Crippen molar-refractivity contribution in [3.8, 4) is 16.9 Å². The number of hydrogen-bond acceptors (Lipinski definition) is 3. The monoisotopic (exact) mass is 401 g/mol. The Hall–Kier alpha value is -3.86. The minimum absolute atomic E-state index is 0.230. The Morgan fingerprint density at radius 2 is 1.80 bits per heavy atom. The van der Waals surface area contributed by atoms with E-state index in [0.29, 0.717) is 11.3 Å². The van der Waals surface area contributed by atoms with Gasteiger partial charge in [-0.2, -0.15) is 0 Å². The predicted molar refractivity (Wildman–Crippen MR) is 117 cm³/mol. The van der Waals surface area contributed by atoms with Crippen molar-refractivity contribution in [1.82, 2.24) is 0 Å². The smallest absolute Gasteiger partial charge is 0.248 e. The Kier molecular flexibility index (Phi) is 5.35. The maximum atomic E-state index is 13.3. The fourth-order valence-corrected chi connectivity index (χ4v) is 3.36. The number of anilines is 1. The SMILES string of the molecule is COc1cc2occ(-c3ccc(F)cc3)c2cc1/C(C)=C/C(=O)Nc1ccccc1. The molecule has 0 aliphatic carbocycles. The van der Waals surface area contributed by atoms with Gasteiger partial charge in [-0.1, -0.05) is 30.3 Å². The minimum atomic E-state index is -0.294. The van der Waals surface area contributed by atoms with E-state index >= 15 is 0 Å². The third-order valence-corrected chi connectivity index (χ3v) is 4.86. The lowest BCUT2D eigenvalue weighted by atomic mass is 9.99. The van der Waals surface area contributed by atoms with E-state index in [2.05, 4.69) is 5.32 Å². The van der Waals surface area contributed by atoms with Gasteiger partial charge in [0.1, 0.15) is 17.1 Å². The van der Waals surface area contributed by atoms with E-state index in [1.807, 2.05) is 43.3 Å². The molecule has 0 radical (unpaired) electrons. The van der Waals surface area contributed by atoms with E-state index in [0.717, 1.165) is 33.3 Å². The van der Waals surface area contributed by atoms with Gasteiger partial charge in [0.15, 0.2) is 0 Å². The van der Waals surface area contributed by atoms with Crippen LogP contribution in [0.2, 0.25) is 0 Å². The summed E-state index contributed by atoms with van der Waals surface area (Å²) < 4.78 is 24.5. The Bertz CT molecular complexity index is 1220. The Balaban J connectivity index is 1.72. The number of carbonyl (C=O) groups excluding carboxylic acids is 1. The van der Waals surface area contributed by atoms with Crippen LogP contribution >= 0.6 is 0 Å². The zero-order valence-corrected chi connectivity index (χ0v) is 16.6. The van der Waals surface area contributed by atoms with Crippen molar-refractivity contribution >= 4 is 28.1 Å². The Morgan fingerprint density at radius 3 is 2.50 bits per heavy atom. The number of benzene rings is 3. The number of ether oxygens (including phenoxy) is 1. The van der Waals surface area contributed by atoms with Crippen molar-refractivity contribution in [3.05, 3.63) is 90.4 Å². The van der Waals surface area contributed by atoms with E-state index in [1.54, 1.807) is 31.6 Å². The molecule has 0 aliphatic heterocycles. The molecule has 1 heterocycles. The number of furan rings is 1. The van der Waals surface area contributed by atoms with E-state index in [1.165, 1.54) is 18.2 Å². The molecule has 0 saturated heterocycles. The molecule has 0 saturated carbocycles. The lowest BCUT2D eigenvalue weighted by molar-refractivity contribution is -0.111. The van der Waals surface area contributed by atoms with Crippen molar-refractivity contribution in [1.29, 1.82) is 0 Å². The summed E-state index contributed by atoms with van der Waals surface area (Å²) in [5.74, 6) is 0.0766. The van der Waals surface area contributed by atoms with Crippen LogP contribution in [-0.2, 0) is 4.79 Å². The number of carbonyl (C=O) groups is 1. The number of rotatable bonds is 5. The van der Waals surface area contributed by atoms with Crippen molar-refractivity contribution in [2.24, 2.45) is 0 Å². The molecule has 0 unspecified atom stereocenters. The number of amides is 1. The molecule has 0 atom stereocenters. The second-order valence-electron chi connectivity index (χ2n) is 6.89. The van der Waals surface area contributed by atoms with Crippen LogP contribution in [0.25, 0.3) is 27.7 Å². The summed E-state index contributed by atoms with van der Waals surface area (Å²) in [5.41, 5.74) is 4.58. The molecule has 0 bridgehead atoms. The second kappa shape index (κ2) is 8.25. The number of methoxy groups -OCH3 is 1. The van der Waals surface area contributed by atoms with Gasteiger partial charge in [0.2, 0.25) is 5.91 Å². The van der Waals surface area contributed by atoms with Crippen LogP contribution in [0.1, 0.15) is 12.5 Å². The van der Waals surface area contributed by atoms with E-state index < -0.39 is 0 Å². The third-order valence-electron chi connectivity index (χ3n) is 4.86. The molecule has 0 spiro atoms. The van der Waals surface area contributed by atoms with Crippen molar-refractivity contribution in [2.75, 3.05) is 12.4 Å². The standard InChI is InChI=1S/C25H20FNO3/c1-16(12-25(28)27-19-6-4-3-5-7-19)20-13-21-22(17-8-10-18(26)11-9-17)15-30-24(21)14-23(20)29-2/h3-15H,1-2H3,(H,27,28)/b16-12+. The molecule has 1 N–H and O–H groups in total. The number of nitrogens with one attached hydrogen (secondary N) is 1. The van der Waals surface area contributed by atoms with E-state index in [-0.39, 0.29) is 11.7 Å². The average Bonchev–Trinajstić information content (AvgIpc) is 3.16. The quantitative estimate of drug-likeness (QED) is 0.400. The number of hydrogen-bond donors (Lipinski definition) is 1. The van der Waals surface area contributed by atoms with Crippen molar-refractivity contribution in [3.63, 3.8) is 0 Å². The van der Waals surface area contributed by atoms with Crippen LogP contribution in [0.5, 0.6) is 5.75 Å². The number of fused-ring (bicyclic) bond motifs is 1. The largest absolute Gasteiger partial charge is 0.496 e. The van der Waals surface area contributed by atoms with Gasteiger partial charge < -0.3 is 14.5 Å². The van der Waals surface area contributed by atoms with Crippen molar-refractivity contribution < 1.29 is 18.3 Å². The number of para-hydroxylation sites is 1. The summed E-state index contributed by atoms with van der Waals surface area (Å²) in [5, 5.41) is 3.70. The van der Waals surface area contributed by atoms with Crippen LogP contribution in [-0.4, -0.2) is 13.0 Å². The van der Waals surface area contributed by atoms with Gasteiger partial charge >= 0.3 is 0 Å².